The fraction of sp³-hybridized carbons (Fsp3) is 0.182. The molecular formula is C11H13N5. The number of hydrogen-bond donors (Lipinski definition) is 2. The molecule has 0 radical (unpaired) electrons. The third kappa shape index (κ3) is 2.21. The zero-order valence-corrected chi connectivity index (χ0v) is 8.96. The van der Waals surface area contributed by atoms with Crippen LogP contribution in [0, 0.1) is 6.92 Å². The molecule has 2 heterocycles. The first-order chi connectivity index (χ1) is 7.81. The standard InChI is InChI=1S/C11H13N5/c1-8-2-3-9(6-13-8)11(16-12)10-4-5-14-15-7-10/h2-7,11,16H,12H2,1H3. The molecule has 0 saturated carbocycles. The second-order valence-electron chi connectivity index (χ2n) is 3.51. The highest BCUT2D eigenvalue weighted by molar-refractivity contribution is 5.27. The molecule has 2 aromatic heterocycles. The lowest BCUT2D eigenvalue weighted by Crippen LogP contribution is -2.29. The third-order valence-corrected chi connectivity index (χ3v) is 2.37. The van der Waals surface area contributed by atoms with E-state index in [1.807, 2.05) is 25.1 Å². The minimum absolute atomic E-state index is 0.108. The number of pyridine rings is 1. The fourth-order valence-electron chi connectivity index (χ4n) is 1.51. The first-order valence-electron chi connectivity index (χ1n) is 4.96. The number of hydrazine groups is 1. The van der Waals surface area contributed by atoms with Crippen LogP contribution in [-0.2, 0) is 0 Å². The number of aryl methyl sites for hydroxylation is 1. The largest absolute Gasteiger partial charge is 0.271 e. The molecule has 2 rings (SSSR count). The zero-order valence-electron chi connectivity index (χ0n) is 8.96. The number of aromatic nitrogens is 3. The molecular weight excluding hydrogens is 202 g/mol. The van der Waals surface area contributed by atoms with Crippen LogP contribution < -0.4 is 11.3 Å². The predicted molar refractivity (Wildman–Crippen MR) is 60.2 cm³/mol. The van der Waals surface area contributed by atoms with Crippen molar-refractivity contribution in [1.82, 2.24) is 20.6 Å². The molecule has 5 heteroatoms. The second kappa shape index (κ2) is 4.78. The smallest absolute Gasteiger partial charge is 0.0741 e. The normalized spacial score (nSPS) is 12.4. The molecule has 16 heavy (non-hydrogen) atoms. The Labute approximate surface area is 93.7 Å². The summed E-state index contributed by atoms with van der Waals surface area (Å²) in [5, 5.41) is 7.57. The van der Waals surface area contributed by atoms with Gasteiger partial charge in [-0.2, -0.15) is 10.2 Å². The average Bonchev–Trinajstić information content (AvgIpc) is 2.34. The van der Waals surface area contributed by atoms with Gasteiger partial charge in [-0.25, -0.2) is 5.43 Å². The van der Waals surface area contributed by atoms with Crippen LogP contribution >= 0.6 is 0 Å². The van der Waals surface area contributed by atoms with Crippen molar-refractivity contribution in [2.24, 2.45) is 5.84 Å². The van der Waals surface area contributed by atoms with Gasteiger partial charge >= 0.3 is 0 Å². The number of nitrogens with one attached hydrogen (secondary N) is 1. The van der Waals surface area contributed by atoms with Crippen LogP contribution in [0.2, 0.25) is 0 Å². The number of nitrogens with two attached hydrogens (primary N) is 1. The maximum absolute atomic E-state index is 5.55. The summed E-state index contributed by atoms with van der Waals surface area (Å²) in [7, 11) is 0. The molecule has 5 nitrogen and oxygen atoms in total. The van der Waals surface area contributed by atoms with Gasteiger partial charge in [-0.15, -0.1) is 0 Å². The average molecular weight is 215 g/mol. The van der Waals surface area contributed by atoms with E-state index in [1.54, 1.807) is 18.6 Å². The van der Waals surface area contributed by atoms with Crippen LogP contribution in [0.15, 0.2) is 36.8 Å². The quantitative estimate of drug-likeness (QED) is 0.583. The molecule has 0 aromatic carbocycles. The third-order valence-electron chi connectivity index (χ3n) is 2.37. The van der Waals surface area contributed by atoms with Crippen LogP contribution in [0.5, 0.6) is 0 Å². The lowest BCUT2D eigenvalue weighted by Gasteiger charge is -2.15. The van der Waals surface area contributed by atoms with Crippen LogP contribution in [0.3, 0.4) is 0 Å². The predicted octanol–water partition coefficient (Wildman–Crippen LogP) is 0.733. The van der Waals surface area contributed by atoms with Crippen molar-refractivity contribution in [3.63, 3.8) is 0 Å². The molecule has 82 valence electrons. The Morgan fingerprint density at radius 3 is 2.50 bits per heavy atom. The van der Waals surface area contributed by atoms with E-state index in [-0.39, 0.29) is 6.04 Å². The molecule has 0 aliphatic heterocycles. The van der Waals surface area contributed by atoms with E-state index in [0.29, 0.717) is 0 Å². The maximum atomic E-state index is 5.55. The monoisotopic (exact) mass is 215 g/mol. The van der Waals surface area contributed by atoms with Crippen molar-refractivity contribution < 1.29 is 0 Å². The van der Waals surface area contributed by atoms with Gasteiger partial charge in [0.05, 0.1) is 12.2 Å². The number of hydrogen-bond acceptors (Lipinski definition) is 5. The topological polar surface area (TPSA) is 76.7 Å². The molecule has 0 spiro atoms. The van der Waals surface area contributed by atoms with Crippen molar-refractivity contribution in [1.29, 1.82) is 0 Å². The highest BCUT2D eigenvalue weighted by atomic mass is 15.2. The Morgan fingerprint density at radius 2 is 1.94 bits per heavy atom. The molecule has 1 unspecified atom stereocenters. The van der Waals surface area contributed by atoms with Gasteiger partial charge < -0.3 is 0 Å². The first-order valence-corrected chi connectivity index (χ1v) is 4.96. The summed E-state index contributed by atoms with van der Waals surface area (Å²) in [4.78, 5) is 4.24. The minimum atomic E-state index is -0.108. The van der Waals surface area contributed by atoms with E-state index >= 15 is 0 Å². The zero-order chi connectivity index (χ0) is 11.4. The Balaban J connectivity index is 2.33. The molecule has 0 saturated heterocycles. The van der Waals surface area contributed by atoms with Crippen LogP contribution in [-0.4, -0.2) is 15.2 Å². The molecule has 0 fully saturated rings. The van der Waals surface area contributed by atoms with Crippen molar-refractivity contribution in [3.8, 4) is 0 Å². The number of nitrogens with zero attached hydrogens (tertiary/aromatic N) is 3. The Bertz CT molecular complexity index is 440. The lowest BCUT2D eigenvalue weighted by atomic mass is 10.0. The molecule has 0 aliphatic rings. The van der Waals surface area contributed by atoms with Crippen LogP contribution in [0.4, 0.5) is 0 Å². The van der Waals surface area contributed by atoms with Gasteiger partial charge in [0.15, 0.2) is 0 Å². The van der Waals surface area contributed by atoms with Crippen molar-refractivity contribution in [3.05, 3.63) is 53.6 Å². The first kappa shape index (κ1) is 10.7. The van der Waals surface area contributed by atoms with E-state index in [4.69, 9.17) is 5.84 Å². The van der Waals surface area contributed by atoms with Crippen LogP contribution in [0.1, 0.15) is 22.9 Å². The highest BCUT2D eigenvalue weighted by Crippen LogP contribution is 2.19. The summed E-state index contributed by atoms with van der Waals surface area (Å²) in [6, 6.07) is 5.71. The summed E-state index contributed by atoms with van der Waals surface area (Å²) in [6.07, 6.45) is 5.13. The number of rotatable bonds is 3. The summed E-state index contributed by atoms with van der Waals surface area (Å²) in [5.74, 6) is 5.55. The van der Waals surface area contributed by atoms with E-state index < -0.39 is 0 Å². The van der Waals surface area contributed by atoms with Crippen molar-refractivity contribution >= 4 is 0 Å². The van der Waals surface area contributed by atoms with Gasteiger partial charge in [0.1, 0.15) is 0 Å². The SMILES string of the molecule is Cc1ccc(C(NN)c2ccnnc2)cn1. The molecule has 3 N–H and O–H groups in total. The molecule has 1 atom stereocenters. The highest BCUT2D eigenvalue weighted by Gasteiger charge is 2.12. The Morgan fingerprint density at radius 1 is 1.12 bits per heavy atom. The van der Waals surface area contributed by atoms with Gasteiger partial charge in [0.2, 0.25) is 0 Å². The van der Waals surface area contributed by atoms with Crippen molar-refractivity contribution in [2.75, 3.05) is 0 Å². The second-order valence-corrected chi connectivity index (χ2v) is 3.51. The Hall–Kier alpha value is -1.85. The van der Waals surface area contributed by atoms with Gasteiger partial charge in [-0.3, -0.25) is 10.8 Å². The Kier molecular flexibility index (Phi) is 3.19. The fourth-order valence-corrected chi connectivity index (χ4v) is 1.51. The van der Waals surface area contributed by atoms with Gasteiger partial charge in [-0.1, -0.05) is 6.07 Å². The van der Waals surface area contributed by atoms with E-state index in [0.717, 1.165) is 16.8 Å². The summed E-state index contributed by atoms with van der Waals surface area (Å²) in [6.45, 7) is 1.95. The van der Waals surface area contributed by atoms with Gasteiger partial charge in [-0.05, 0) is 30.2 Å². The van der Waals surface area contributed by atoms with Gasteiger partial charge in [0, 0.05) is 18.1 Å². The summed E-state index contributed by atoms with van der Waals surface area (Å²) in [5.41, 5.74) is 5.69. The minimum Gasteiger partial charge on any atom is -0.271 e. The molecule has 0 bridgehead atoms. The van der Waals surface area contributed by atoms with E-state index in [1.165, 1.54) is 0 Å². The lowest BCUT2D eigenvalue weighted by molar-refractivity contribution is 0.629. The van der Waals surface area contributed by atoms with Crippen molar-refractivity contribution in [2.45, 2.75) is 13.0 Å². The summed E-state index contributed by atoms with van der Waals surface area (Å²) < 4.78 is 0. The molecule has 0 amide bonds. The molecule has 0 aliphatic carbocycles. The molecule has 2 aromatic rings. The van der Waals surface area contributed by atoms with E-state index in [2.05, 4.69) is 20.6 Å². The van der Waals surface area contributed by atoms with Gasteiger partial charge in [0.25, 0.3) is 0 Å². The van der Waals surface area contributed by atoms with Crippen LogP contribution in [0.25, 0.3) is 0 Å². The maximum Gasteiger partial charge on any atom is 0.0741 e. The van der Waals surface area contributed by atoms with E-state index in [9.17, 15) is 0 Å². The summed E-state index contributed by atoms with van der Waals surface area (Å²) >= 11 is 0.